The highest BCUT2D eigenvalue weighted by Crippen LogP contribution is 2.29. The second-order valence-electron chi connectivity index (χ2n) is 5.16. The first-order valence-corrected chi connectivity index (χ1v) is 6.59. The molecule has 5 nitrogen and oxygen atoms in total. The van der Waals surface area contributed by atoms with Crippen LogP contribution in [0.25, 0.3) is 17.0 Å². The van der Waals surface area contributed by atoms with E-state index in [1.54, 1.807) is 6.92 Å². The summed E-state index contributed by atoms with van der Waals surface area (Å²) >= 11 is 0. The van der Waals surface area contributed by atoms with Crippen molar-refractivity contribution in [3.8, 4) is 17.1 Å². The molecule has 1 N–H and O–H groups in total. The fraction of sp³-hybridized carbons (Fsp3) is 0.267. The zero-order valence-electron chi connectivity index (χ0n) is 11.9. The number of halogens is 1. The van der Waals surface area contributed by atoms with Gasteiger partial charge in [0.15, 0.2) is 11.6 Å². The third-order valence-electron chi connectivity index (χ3n) is 3.30. The largest absolute Gasteiger partial charge is 0.504 e. The lowest BCUT2D eigenvalue weighted by molar-refractivity contribution is 0.456. The number of nitrogens with zero attached hydrogens (tertiary/aromatic N) is 4. The van der Waals surface area contributed by atoms with Gasteiger partial charge in [0.05, 0.1) is 17.5 Å². The van der Waals surface area contributed by atoms with Crippen LogP contribution in [-0.4, -0.2) is 24.5 Å². The van der Waals surface area contributed by atoms with Crippen molar-refractivity contribution in [2.24, 2.45) is 0 Å². The molecule has 0 amide bonds. The van der Waals surface area contributed by atoms with E-state index in [-0.39, 0.29) is 23.1 Å². The summed E-state index contributed by atoms with van der Waals surface area (Å²) in [4.78, 5) is 12.4. The van der Waals surface area contributed by atoms with Crippen LogP contribution in [0.2, 0.25) is 0 Å². The summed E-state index contributed by atoms with van der Waals surface area (Å²) in [6, 6.07) is 3.01. The van der Waals surface area contributed by atoms with E-state index < -0.39 is 5.95 Å². The molecule has 3 heterocycles. The summed E-state index contributed by atoms with van der Waals surface area (Å²) in [5.41, 5.74) is 1.75. The lowest BCUT2D eigenvalue weighted by Crippen LogP contribution is -2.04. The van der Waals surface area contributed by atoms with Gasteiger partial charge in [0.25, 0.3) is 0 Å². The molecule has 3 rings (SSSR count). The van der Waals surface area contributed by atoms with Gasteiger partial charge >= 0.3 is 0 Å². The second-order valence-corrected chi connectivity index (χ2v) is 5.16. The third kappa shape index (κ3) is 2.12. The van der Waals surface area contributed by atoms with E-state index >= 15 is 0 Å². The van der Waals surface area contributed by atoms with Gasteiger partial charge < -0.3 is 5.11 Å². The highest BCUT2D eigenvalue weighted by molar-refractivity contribution is 5.63. The maximum atomic E-state index is 14.6. The maximum Gasteiger partial charge on any atom is 0.210 e. The van der Waals surface area contributed by atoms with Crippen LogP contribution in [0.3, 0.4) is 0 Å². The Labute approximate surface area is 121 Å². The molecule has 21 heavy (non-hydrogen) atoms. The average Bonchev–Trinajstić information content (AvgIpc) is 2.88. The number of aromatic hydroxyl groups is 1. The van der Waals surface area contributed by atoms with E-state index in [2.05, 4.69) is 21.0 Å². The van der Waals surface area contributed by atoms with Crippen molar-refractivity contribution in [1.82, 2.24) is 19.4 Å². The average molecular weight is 285 g/mol. The SMILES string of the molecule is Cc1[c]c2nccn2c(F)c1-c1ncc(O)c(C(C)C)n1. The molecule has 0 atom stereocenters. The second kappa shape index (κ2) is 4.80. The number of imidazole rings is 1. The molecule has 1 radical (unpaired) electrons. The van der Waals surface area contributed by atoms with Gasteiger partial charge in [0, 0.05) is 18.5 Å². The lowest BCUT2D eigenvalue weighted by atomic mass is 10.1. The predicted octanol–water partition coefficient (Wildman–Crippen LogP) is 2.87. The lowest BCUT2D eigenvalue weighted by Gasteiger charge is -2.11. The van der Waals surface area contributed by atoms with Gasteiger partial charge in [-0.1, -0.05) is 13.8 Å². The van der Waals surface area contributed by atoms with E-state index in [1.165, 1.54) is 23.0 Å². The number of hydrogen-bond donors (Lipinski definition) is 1. The third-order valence-corrected chi connectivity index (χ3v) is 3.30. The van der Waals surface area contributed by atoms with E-state index in [0.717, 1.165) is 0 Å². The highest BCUT2D eigenvalue weighted by atomic mass is 19.1. The number of aryl methyl sites for hydroxylation is 1. The van der Waals surface area contributed by atoms with Crippen LogP contribution in [-0.2, 0) is 0 Å². The van der Waals surface area contributed by atoms with Gasteiger partial charge in [-0.15, -0.1) is 0 Å². The number of pyridine rings is 1. The minimum atomic E-state index is -0.487. The van der Waals surface area contributed by atoms with Crippen molar-refractivity contribution in [2.75, 3.05) is 0 Å². The maximum absolute atomic E-state index is 14.6. The van der Waals surface area contributed by atoms with E-state index in [4.69, 9.17) is 0 Å². The van der Waals surface area contributed by atoms with Crippen molar-refractivity contribution >= 4 is 5.65 Å². The molecule has 0 spiro atoms. The van der Waals surface area contributed by atoms with Crippen LogP contribution < -0.4 is 0 Å². The number of fused-ring (bicyclic) bond motifs is 1. The zero-order chi connectivity index (χ0) is 15.1. The van der Waals surface area contributed by atoms with Crippen LogP contribution in [0.1, 0.15) is 31.0 Å². The number of rotatable bonds is 2. The molecular formula is C15H14FN4O. The Morgan fingerprint density at radius 1 is 1.33 bits per heavy atom. The molecule has 0 bridgehead atoms. The summed E-state index contributed by atoms with van der Waals surface area (Å²) in [6.07, 6.45) is 4.33. The normalized spacial score (nSPS) is 11.5. The van der Waals surface area contributed by atoms with Crippen molar-refractivity contribution < 1.29 is 9.50 Å². The Balaban J connectivity index is 2.27. The predicted molar refractivity (Wildman–Crippen MR) is 75.5 cm³/mol. The van der Waals surface area contributed by atoms with Crippen molar-refractivity contribution in [2.45, 2.75) is 26.7 Å². The number of aromatic nitrogens is 4. The minimum Gasteiger partial charge on any atom is -0.504 e. The molecule has 0 aliphatic carbocycles. The van der Waals surface area contributed by atoms with Crippen LogP contribution in [0.4, 0.5) is 4.39 Å². The van der Waals surface area contributed by atoms with Gasteiger partial charge in [-0.25, -0.2) is 15.0 Å². The first-order valence-electron chi connectivity index (χ1n) is 6.59. The molecule has 0 saturated carbocycles. The van der Waals surface area contributed by atoms with Crippen molar-refractivity contribution in [1.29, 1.82) is 0 Å². The Morgan fingerprint density at radius 3 is 2.81 bits per heavy atom. The quantitative estimate of drug-likeness (QED) is 0.735. The minimum absolute atomic E-state index is 0.0103. The van der Waals surface area contributed by atoms with Crippen LogP contribution in [0, 0.1) is 18.9 Å². The Bertz CT molecular complexity index is 826. The molecule has 107 valence electrons. The fourth-order valence-electron chi connectivity index (χ4n) is 2.25. The summed E-state index contributed by atoms with van der Waals surface area (Å²) < 4.78 is 15.9. The van der Waals surface area contributed by atoms with E-state index in [0.29, 0.717) is 16.9 Å². The van der Waals surface area contributed by atoms with E-state index in [9.17, 15) is 9.50 Å². The molecule has 0 aromatic carbocycles. The van der Waals surface area contributed by atoms with Gasteiger partial charge in [-0.05, 0) is 18.4 Å². The van der Waals surface area contributed by atoms with Crippen molar-refractivity contribution in [3.05, 3.63) is 41.9 Å². The van der Waals surface area contributed by atoms with Crippen LogP contribution in [0.5, 0.6) is 5.75 Å². The van der Waals surface area contributed by atoms with Crippen LogP contribution >= 0.6 is 0 Å². The molecular weight excluding hydrogens is 271 g/mol. The first kappa shape index (κ1) is 13.5. The number of hydrogen-bond acceptors (Lipinski definition) is 4. The smallest absolute Gasteiger partial charge is 0.210 e. The molecule has 0 aliphatic rings. The highest BCUT2D eigenvalue weighted by Gasteiger charge is 2.18. The van der Waals surface area contributed by atoms with Gasteiger partial charge in [0.1, 0.15) is 5.65 Å². The molecule has 0 unspecified atom stereocenters. The Morgan fingerprint density at radius 2 is 2.10 bits per heavy atom. The molecule has 3 aromatic rings. The standard InChI is InChI=1S/C15H14FN4O/c1-8(2)13-10(21)7-18-15(19-13)12-9(3)6-11-17-4-5-20(11)14(12)16/h4-5,7-8,21H,1-3H3. The van der Waals surface area contributed by atoms with E-state index in [1.807, 2.05) is 13.8 Å². The molecule has 0 fully saturated rings. The fourth-order valence-corrected chi connectivity index (χ4v) is 2.25. The molecule has 0 saturated heterocycles. The molecule has 3 aromatic heterocycles. The molecule has 0 aliphatic heterocycles. The van der Waals surface area contributed by atoms with Gasteiger partial charge in [-0.2, -0.15) is 4.39 Å². The van der Waals surface area contributed by atoms with Gasteiger partial charge in [-0.3, -0.25) is 4.40 Å². The summed E-state index contributed by atoms with van der Waals surface area (Å²) in [5, 5.41) is 9.79. The summed E-state index contributed by atoms with van der Waals surface area (Å²) in [5.74, 6) is -0.229. The first-order chi connectivity index (χ1) is 9.99. The van der Waals surface area contributed by atoms with Crippen molar-refractivity contribution in [3.63, 3.8) is 0 Å². The monoisotopic (exact) mass is 285 g/mol. The van der Waals surface area contributed by atoms with Gasteiger partial charge in [0.2, 0.25) is 5.95 Å². The summed E-state index contributed by atoms with van der Waals surface area (Å²) in [7, 11) is 0. The Kier molecular flexibility index (Phi) is 3.08. The topological polar surface area (TPSA) is 63.3 Å². The van der Waals surface area contributed by atoms with Crippen LogP contribution in [0.15, 0.2) is 18.6 Å². The zero-order valence-corrected chi connectivity index (χ0v) is 11.9. The summed E-state index contributed by atoms with van der Waals surface area (Å²) in [6.45, 7) is 5.54. The Hall–Kier alpha value is -2.50. The molecule has 6 heteroatoms.